The van der Waals surface area contributed by atoms with Crippen LogP contribution in [-0.2, 0) is 13.0 Å². The number of hydrogen-bond donors (Lipinski definition) is 0. The van der Waals surface area contributed by atoms with E-state index < -0.39 is 0 Å². The highest BCUT2D eigenvalue weighted by Gasteiger charge is 2.33. The number of aromatic nitrogens is 1. The van der Waals surface area contributed by atoms with Crippen molar-refractivity contribution in [3.8, 4) is 0 Å². The predicted molar refractivity (Wildman–Crippen MR) is 95.2 cm³/mol. The highest BCUT2D eigenvalue weighted by atomic mass is 15.2. The third-order valence-corrected chi connectivity index (χ3v) is 5.31. The van der Waals surface area contributed by atoms with Crippen LogP contribution in [0.25, 0.3) is 17.1 Å². The van der Waals surface area contributed by atoms with E-state index in [1.807, 2.05) is 0 Å². The molecule has 0 saturated heterocycles. The van der Waals surface area contributed by atoms with Gasteiger partial charge in [-0.2, -0.15) is 0 Å². The standard InChI is InChI=1S/C21H20N2/c1-2-7-16(8-3-1)15-22-14-12-18-17-9-4-5-10-19(17)23-13-6-11-20(22)21(18)23/h1-10,13,20H,11-12,14-15H2. The average molecular weight is 300 g/mol. The Morgan fingerprint density at radius 3 is 2.70 bits per heavy atom. The molecule has 2 aromatic carbocycles. The summed E-state index contributed by atoms with van der Waals surface area (Å²) in [5, 5.41) is 1.44. The van der Waals surface area contributed by atoms with E-state index in [2.05, 4.69) is 76.3 Å². The summed E-state index contributed by atoms with van der Waals surface area (Å²) in [6, 6.07) is 20.2. The van der Waals surface area contributed by atoms with E-state index in [9.17, 15) is 0 Å². The van der Waals surface area contributed by atoms with Gasteiger partial charge in [-0.25, -0.2) is 0 Å². The zero-order valence-corrected chi connectivity index (χ0v) is 13.2. The van der Waals surface area contributed by atoms with E-state index in [4.69, 9.17) is 0 Å². The minimum Gasteiger partial charge on any atom is -0.319 e. The first-order valence-electron chi connectivity index (χ1n) is 8.48. The Hall–Kier alpha value is -2.32. The van der Waals surface area contributed by atoms with Gasteiger partial charge in [0.1, 0.15) is 0 Å². The van der Waals surface area contributed by atoms with Crippen molar-refractivity contribution in [2.24, 2.45) is 0 Å². The summed E-state index contributed by atoms with van der Waals surface area (Å²) in [6.45, 7) is 2.19. The number of rotatable bonds is 2. The molecular weight excluding hydrogens is 280 g/mol. The number of benzene rings is 2. The maximum atomic E-state index is 2.65. The SMILES string of the molecule is C1=Cn2c3c(c4ccccc42)CCN(Cc2ccccc2)C3C1. The van der Waals surface area contributed by atoms with Gasteiger partial charge in [-0.1, -0.05) is 54.6 Å². The molecule has 0 aliphatic carbocycles. The van der Waals surface area contributed by atoms with Crippen molar-refractivity contribution in [1.29, 1.82) is 0 Å². The molecule has 0 fully saturated rings. The molecule has 1 unspecified atom stereocenters. The summed E-state index contributed by atoms with van der Waals surface area (Å²) in [6.07, 6.45) is 6.87. The van der Waals surface area contributed by atoms with Crippen LogP contribution in [0.4, 0.5) is 0 Å². The first-order valence-corrected chi connectivity index (χ1v) is 8.48. The third-order valence-electron chi connectivity index (χ3n) is 5.31. The quantitative estimate of drug-likeness (QED) is 0.670. The van der Waals surface area contributed by atoms with Gasteiger partial charge in [-0.05, 0) is 30.0 Å². The summed E-state index contributed by atoms with van der Waals surface area (Å²) < 4.78 is 2.43. The Morgan fingerprint density at radius 2 is 1.78 bits per heavy atom. The van der Waals surface area contributed by atoms with Crippen LogP contribution in [0.3, 0.4) is 0 Å². The Morgan fingerprint density at radius 1 is 0.957 bits per heavy atom. The van der Waals surface area contributed by atoms with Crippen LogP contribution >= 0.6 is 0 Å². The molecule has 0 bridgehead atoms. The molecule has 3 heterocycles. The van der Waals surface area contributed by atoms with Crippen molar-refractivity contribution in [2.75, 3.05) is 6.54 Å². The van der Waals surface area contributed by atoms with Gasteiger partial charge in [0.25, 0.3) is 0 Å². The lowest BCUT2D eigenvalue weighted by Gasteiger charge is -2.38. The number of fused-ring (bicyclic) bond motifs is 3. The number of para-hydroxylation sites is 1. The lowest BCUT2D eigenvalue weighted by molar-refractivity contribution is 0.171. The summed E-state index contributed by atoms with van der Waals surface area (Å²) >= 11 is 0. The van der Waals surface area contributed by atoms with Crippen LogP contribution in [0.15, 0.2) is 60.7 Å². The van der Waals surface area contributed by atoms with Crippen LogP contribution in [-0.4, -0.2) is 16.0 Å². The maximum Gasteiger partial charge on any atom is 0.0545 e. The largest absolute Gasteiger partial charge is 0.319 e. The number of nitrogens with zero attached hydrogens (tertiary/aromatic N) is 2. The Kier molecular flexibility index (Phi) is 2.92. The molecular formula is C21H20N2. The van der Waals surface area contributed by atoms with E-state index in [1.165, 1.54) is 22.2 Å². The van der Waals surface area contributed by atoms with Crippen molar-refractivity contribution in [2.45, 2.75) is 25.4 Å². The molecule has 0 amide bonds. The highest BCUT2D eigenvalue weighted by Crippen LogP contribution is 2.41. The minimum absolute atomic E-state index is 0.511. The third kappa shape index (κ3) is 1.98. The van der Waals surface area contributed by atoms with Gasteiger partial charge < -0.3 is 4.57 Å². The second kappa shape index (κ2) is 5.10. The molecule has 3 aromatic rings. The van der Waals surface area contributed by atoms with Crippen LogP contribution in [0.5, 0.6) is 0 Å². The fraction of sp³-hybridized carbons (Fsp3) is 0.238. The highest BCUT2D eigenvalue weighted by molar-refractivity contribution is 5.88. The molecule has 0 saturated carbocycles. The summed E-state index contributed by atoms with van der Waals surface area (Å²) in [5.74, 6) is 0. The van der Waals surface area contributed by atoms with Gasteiger partial charge in [0.15, 0.2) is 0 Å². The normalized spacial score (nSPS) is 19.9. The molecule has 114 valence electrons. The minimum atomic E-state index is 0.511. The van der Waals surface area contributed by atoms with Gasteiger partial charge in [-0.15, -0.1) is 0 Å². The lowest BCUT2D eigenvalue weighted by Crippen LogP contribution is -2.36. The van der Waals surface area contributed by atoms with Gasteiger partial charge in [0, 0.05) is 30.4 Å². The summed E-state index contributed by atoms with van der Waals surface area (Å²) in [4.78, 5) is 2.65. The molecule has 1 aromatic heterocycles. The molecule has 2 aliphatic rings. The summed E-state index contributed by atoms with van der Waals surface area (Å²) in [5.41, 5.74) is 5.86. The van der Waals surface area contributed by atoms with Gasteiger partial charge in [0.05, 0.1) is 11.6 Å². The Bertz CT molecular complexity index is 889. The molecule has 1 atom stereocenters. The first kappa shape index (κ1) is 13.1. The average Bonchev–Trinajstić information content (AvgIpc) is 2.94. The predicted octanol–water partition coefficient (Wildman–Crippen LogP) is 4.62. The van der Waals surface area contributed by atoms with Crippen molar-refractivity contribution < 1.29 is 0 Å². The van der Waals surface area contributed by atoms with Crippen LogP contribution < -0.4 is 0 Å². The molecule has 5 rings (SSSR count). The van der Waals surface area contributed by atoms with Gasteiger partial charge in [0.2, 0.25) is 0 Å². The smallest absolute Gasteiger partial charge is 0.0545 e. The summed E-state index contributed by atoms with van der Waals surface area (Å²) in [7, 11) is 0. The monoisotopic (exact) mass is 300 g/mol. The van der Waals surface area contributed by atoms with Crippen LogP contribution in [0, 0.1) is 0 Å². The maximum absolute atomic E-state index is 2.65. The second-order valence-corrected chi connectivity index (χ2v) is 6.59. The molecule has 0 N–H and O–H groups in total. The van der Waals surface area contributed by atoms with E-state index in [1.54, 1.807) is 5.56 Å². The molecule has 23 heavy (non-hydrogen) atoms. The molecule has 2 nitrogen and oxygen atoms in total. The fourth-order valence-electron chi connectivity index (χ4n) is 4.28. The van der Waals surface area contributed by atoms with Crippen molar-refractivity contribution in [3.05, 3.63) is 77.5 Å². The first-order chi connectivity index (χ1) is 11.4. The lowest BCUT2D eigenvalue weighted by atomic mass is 9.93. The van der Waals surface area contributed by atoms with Gasteiger partial charge in [-0.3, -0.25) is 4.90 Å². The van der Waals surface area contributed by atoms with Crippen molar-refractivity contribution in [3.63, 3.8) is 0 Å². The molecule has 2 heteroatoms. The van der Waals surface area contributed by atoms with Crippen molar-refractivity contribution >= 4 is 17.1 Å². The Labute approximate surface area is 136 Å². The molecule has 2 aliphatic heterocycles. The van der Waals surface area contributed by atoms with E-state index in [0.29, 0.717) is 6.04 Å². The van der Waals surface area contributed by atoms with Gasteiger partial charge >= 0.3 is 0 Å². The van der Waals surface area contributed by atoms with Crippen molar-refractivity contribution in [1.82, 2.24) is 9.47 Å². The van der Waals surface area contributed by atoms with E-state index >= 15 is 0 Å². The zero-order chi connectivity index (χ0) is 15.2. The molecule has 0 spiro atoms. The van der Waals surface area contributed by atoms with E-state index in [0.717, 1.165) is 25.9 Å². The fourth-order valence-corrected chi connectivity index (χ4v) is 4.28. The van der Waals surface area contributed by atoms with Crippen LogP contribution in [0.2, 0.25) is 0 Å². The zero-order valence-electron chi connectivity index (χ0n) is 13.2. The molecule has 0 radical (unpaired) electrons. The topological polar surface area (TPSA) is 8.17 Å². The second-order valence-electron chi connectivity index (χ2n) is 6.59. The van der Waals surface area contributed by atoms with E-state index in [-0.39, 0.29) is 0 Å². The Balaban J connectivity index is 1.60. The number of hydrogen-bond acceptors (Lipinski definition) is 1. The van der Waals surface area contributed by atoms with Crippen LogP contribution in [0.1, 0.15) is 29.3 Å².